The van der Waals surface area contributed by atoms with Gasteiger partial charge in [-0.05, 0) is 30.7 Å². The van der Waals surface area contributed by atoms with E-state index < -0.39 is 10.0 Å². The Morgan fingerprint density at radius 1 is 1.38 bits per heavy atom. The van der Waals surface area contributed by atoms with Gasteiger partial charge in [-0.15, -0.1) is 13.1 Å². The number of aliphatic imine (C=N–C) groups is 1. The second-order valence-corrected chi connectivity index (χ2v) is 8.08. The summed E-state index contributed by atoms with van der Waals surface area (Å²) in [7, 11) is 7.38. The van der Waals surface area contributed by atoms with E-state index in [1.807, 2.05) is 6.92 Å². The first-order chi connectivity index (χ1) is 11.5. The Balaban J connectivity index is 0.000000891. The first kappa shape index (κ1) is 21.3. The average molecular weight is 452 g/mol. The van der Waals surface area contributed by atoms with E-state index in [9.17, 15) is 8.76 Å². The molecule has 1 aromatic heterocycles. The van der Waals surface area contributed by atoms with Crippen LogP contribution >= 0.6 is 31.9 Å². The van der Waals surface area contributed by atoms with E-state index >= 15 is 0 Å². The van der Waals surface area contributed by atoms with Gasteiger partial charge in [-0.1, -0.05) is 6.92 Å². The maximum absolute atomic E-state index is 12.3. The molecule has 0 saturated carbocycles. The zero-order valence-corrected chi connectivity index (χ0v) is 16.9. The van der Waals surface area contributed by atoms with E-state index in [-0.39, 0.29) is 29.7 Å². The molecule has 1 aromatic carbocycles. The molecule has 2 aromatic rings. The van der Waals surface area contributed by atoms with Crippen LogP contribution in [0.25, 0.3) is 0 Å². The summed E-state index contributed by atoms with van der Waals surface area (Å²) in [6.07, 6.45) is 2.59. The van der Waals surface area contributed by atoms with Gasteiger partial charge in [0.25, 0.3) is 5.88 Å². The molecule has 1 heterocycles. The van der Waals surface area contributed by atoms with Crippen LogP contribution in [0.1, 0.15) is 13.3 Å². The van der Waals surface area contributed by atoms with Crippen LogP contribution in [0.4, 0.5) is 11.5 Å². The van der Waals surface area contributed by atoms with Crippen LogP contribution in [0.5, 0.6) is 5.88 Å². The van der Waals surface area contributed by atoms with Gasteiger partial charge in [0.05, 0.1) is 29.4 Å². The molecule has 0 fully saturated rings. The number of benzene rings is 1. The van der Waals surface area contributed by atoms with Crippen LogP contribution in [-0.4, -0.2) is 30.8 Å². The number of nitrogens with zero attached hydrogens (tertiary/aromatic N) is 4. The molecule has 1 N–H and O–H groups in total. The summed E-state index contributed by atoms with van der Waals surface area (Å²) in [6, 6.07) is 6.34. The van der Waals surface area contributed by atoms with Gasteiger partial charge in [-0.3, -0.25) is 9.55 Å². The van der Waals surface area contributed by atoms with Crippen molar-refractivity contribution in [3.63, 3.8) is 0 Å². The average Bonchev–Trinajstić information content (AvgIpc) is 3.00. The van der Waals surface area contributed by atoms with Gasteiger partial charge in [0, 0.05) is 6.21 Å². The Morgan fingerprint density at radius 3 is 2.54 bits per heavy atom. The fourth-order valence-electron chi connectivity index (χ4n) is 1.44. The minimum absolute atomic E-state index is 0.00694. The topological polar surface area (TPSA) is 97.0 Å². The summed E-state index contributed by atoms with van der Waals surface area (Å²) < 4.78 is 38.6. The molecular weight excluding hydrogens is 438 g/mol. The van der Waals surface area contributed by atoms with Gasteiger partial charge in [-0.2, -0.15) is 0 Å². The molecule has 0 bridgehead atoms. The molecule has 2 rings (SSSR count). The number of methoxy groups -OCH3 is 1. The van der Waals surface area contributed by atoms with Crippen molar-refractivity contribution in [1.29, 1.82) is 0 Å². The molecule has 0 aliphatic carbocycles. The van der Waals surface area contributed by atoms with Gasteiger partial charge in [0.1, 0.15) is 0 Å². The molecular formula is C12H14Cl2MnN4O3S2. The molecule has 1 atom stereocenters. The van der Waals surface area contributed by atoms with Crippen LogP contribution < -0.4 is 4.74 Å². The number of rotatable bonds is 5. The summed E-state index contributed by atoms with van der Waals surface area (Å²) >= 11 is 0.871. The number of ether oxygens (including phenoxy) is 1. The van der Waals surface area contributed by atoms with Gasteiger partial charge in [0.15, 0.2) is 10.0 Å². The van der Waals surface area contributed by atoms with Gasteiger partial charge in [-0.25, -0.2) is 4.21 Å². The Bertz CT molecular complexity index is 777. The fraction of sp³-hybridized carbons (Fsp3) is 0.250. The first-order valence-corrected chi connectivity index (χ1v) is 11.8. The maximum atomic E-state index is 12.3. The van der Waals surface area contributed by atoms with Crippen LogP contribution in [0.2, 0.25) is 0 Å². The third-order valence-electron chi connectivity index (χ3n) is 2.41. The first-order valence-electron chi connectivity index (χ1n) is 6.34. The van der Waals surface area contributed by atoms with E-state index in [0.717, 1.165) is 18.1 Å². The van der Waals surface area contributed by atoms with Crippen molar-refractivity contribution in [1.82, 2.24) is 8.75 Å². The normalized spacial score (nSPS) is 13.0. The van der Waals surface area contributed by atoms with Gasteiger partial charge >= 0.3 is 33.3 Å². The predicted molar refractivity (Wildman–Crippen MR) is 94.2 cm³/mol. The Hall–Kier alpha value is -0.741. The predicted octanol–water partition coefficient (Wildman–Crippen LogP) is 4.67. The number of hydrogen-bond donors (Lipinski definition) is 1. The van der Waals surface area contributed by atoms with Crippen molar-refractivity contribution in [3.8, 4) is 5.88 Å². The van der Waals surface area contributed by atoms with E-state index in [0.29, 0.717) is 5.69 Å². The summed E-state index contributed by atoms with van der Waals surface area (Å²) in [5, 5.41) is 0. The monoisotopic (exact) mass is 451 g/mol. The summed E-state index contributed by atoms with van der Waals surface area (Å²) in [5.41, 5.74) is 0.712. The van der Waals surface area contributed by atoms with E-state index in [1.54, 1.807) is 18.3 Å². The van der Waals surface area contributed by atoms with Crippen molar-refractivity contribution in [2.75, 3.05) is 7.11 Å². The molecule has 133 valence electrons. The molecule has 1 unspecified atom stereocenters. The third kappa shape index (κ3) is 6.64. The van der Waals surface area contributed by atoms with Crippen LogP contribution in [0.3, 0.4) is 0 Å². The minimum atomic E-state index is -3.61. The van der Waals surface area contributed by atoms with Crippen LogP contribution in [0, 0.1) is 0 Å². The Kier molecular flexibility index (Phi) is 9.75. The fourth-order valence-corrected chi connectivity index (χ4v) is 2.90. The molecule has 0 spiro atoms. The number of hydrogen-bond acceptors (Lipinski definition) is 7. The molecule has 0 amide bonds. The number of halogens is 2. The Labute approximate surface area is 159 Å². The third-order valence-corrected chi connectivity index (χ3v) is 4.22. The SMILES string of the molecule is CCC=Nc1ccc(S(=O)(O)=Nc2nsnc2OC)cc1.[Cl][Mn][Cl]. The van der Waals surface area contributed by atoms with E-state index in [2.05, 4.69) is 18.1 Å². The van der Waals surface area contributed by atoms with Crippen molar-refractivity contribution in [2.45, 2.75) is 18.2 Å². The second-order valence-electron chi connectivity index (χ2n) is 3.95. The second kappa shape index (κ2) is 11.0. The summed E-state index contributed by atoms with van der Waals surface area (Å²) in [5.74, 6) is 0.147. The molecule has 0 aliphatic heterocycles. The zero-order valence-electron chi connectivity index (χ0n) is 12.6. The summed E-state index contributed by atoms with van der Waals surface area (Å²) in [4.78, 5) is 4.35. The number of aromatic nitrogens is 2. The van der Waals surface area contributed by atoms with E-state index in [1.165, 1.54) is 19.2 Å². The zero-order chi connectivity index (χ0) is 18.0. The van der Waals surface area contributed by atoms with Gasteiger partial charge < -0.3 is 4.74 Å². The van der Waals surface area contributed by atoms with E-state index in [4.69, 9.17) is 24.9 Å². The quantitative estimate of drug-likeness (QED) is 0.526. The van der Waals surface area contributed by atoms with Crippen molar-refractivity contribution < 1.29 is 26.6 Å². The van der Waals surface area contributed by atoms with Crippen molar-refractivity contribution in [2.24, 2.45) is 9.36 Å². The molecule has 24 heavy (non-hydrogen) atoms. The standard InChI is InChI=1S/C12H14N4O3S2.2ClH.Mn/c1-3-8-13-9-4-6-10(7-5-9)21(17,18)16-11-12(19-2)15-20-14-11;;;/h4-8H,3H2,1-2H3,(H,14,16,17,18);2*1H;/q;;;+2/p-2. The van der Waals surface area contributed by atoms with Crippen LogP contribution in [0.15, 0.2) is 38.5 Å². The molecule has 0 saturated heterocycles. The molecule has 7 nitrogen and oxygen atoms in total. The van der Waals surface area contributed by atoms with Gasteiger partial charge in [0.2, 0.25) is 5.82 Å². The van der Waals surface area contributed by atoms with Crippen molar-refractivity contribution >= 4 is 59.7 Å². The summed E-state index contributed by atoms with van der Waals surface area (Å²) in [6.45, 7) is 1.98. The molecule has 0 aliphatic rings. The molecule has 12 heteroatoms. The molecule has 0 radical (unpaired) electrons. The van der Waals surface area contributed by atoms with Crippen LogP contribution in [-0.2, 0) is 23.1 Å². The van der Waals surface area contributed by atoms with Crippen molar-refractivity contribution in [3.05, 3.63) is 24.3 Å². The Morgan fingerprint density at radius 2 is 2.00 bits per heavy atom.